The van der Waals surface area contributed by atoms with Crippen molar-refractivity contribution < 1.29 is 9.90 Å². The van der Waals surface area contributed by atoms with Crippen molar-refractivity contribution in [3.63, 3.8) is 0 Å². The fourth-order valence-corrected chi connectivity index (χ4v) is 1.54. The van der Waals surface area contributed by atoms with E-state index in [9.17, 15) is 9.90 Å². The molecule has 1 aliphatic rings. The second-order valence-electron chi connectivity index (χ2n) is 3.38. The van der Waals surface area contributed by atoms with Gasteiger partial charge in [-0.25, -0.2) is 0 Å². The van der Waals surface area contributed by atoms with Gasteiger partial charge in [0.25, 0.3) is 0 Å². The van der Waals surface area contributed by atoms with E-state index in [1.807, 2.05) is 6.92 Å². The van der Waals surface area contributed by atoms with Gasteiger partial charge >= 0.3 is 0 Å². The lowest BCUT2D eigenvalue weighted by Crippen LogP contribution is -2.54. The van der Waals surface area contributed by atoms with Crippen LogP contribution in [0.15, 0.2) is 0 Å². The van der Waals surface area contributed by atoms with E-state index in [4.69, 9.17) is 0 Å². The third-order valence-electron chi connectivity index (χ3n) is 2.32. The van der Waals surface area contributed by atoms with Gasteiger partial charge < -0.3 is 10.4 Å². The molecule has 3 heteroatoms. The molecule has 2 N–H and O–H groups in total. The van der Waals surface area contributed by atoms with Crippen LogP contribution in [0.25, 0.3) is 0 Å². The molecule has 1 amide bonds. The predicted octanol–water partition coefficient (Wildman–Crippen LogP) is 0.426. The number of amides is 1. The normalized spacial score (nSPS) is 36.1. The van der Waals surface area contributed by atoms with Crippen LogP contribution in [0.5, 0.6) is 0 Å². The lowest BCUT2D eigenvalue weighted by atomic mass is 9.74. The van der Waals surface area contributed by atoms with Gasteiger partial charge in [0.1, 0.15) is 0 Å². The minimum absolute atomic E-state index is 0.00634. The zero-order valence-electron chi connectivity index (χ0n) is 7.05. The largest absolute Gasteiger partial charge is 0.390 e. The van der Waals surface area contributed by atoms with Crippen molar-refractivity contribution in [2.45, 2.75) is 44.8 Å². The third-order valence-corrected chi connectivity index (χ3v) is 2.32. The summed E-state index contributed by atoms with van der Waals surface area (Å²) in [6.07, 6.45) is 2.20. The van der Waals surface area contributed by atoms with Crippen LogP contribution in [-0.4, -0.2) is 22.7 Å². The molecule has 11 heavy (non-hydrogen) atoms. The summed E-state index contributed by atoms with van der Waals surface area (Å²) in [5, 5.41) is 12.3. The van der Waals surface area contributed by atoms with Crippen LogP contribution in [0.2, 0.25) is 0 Å². The van der Waals surface area contributed by atoms with Crippen LogP contribution in [-0.2, 0) is 4.79 Å². The molecule has 1 aliphatic carbocycles. The number of carbonyl (C=O) groups is 1. The van der Waals surface area contributed by atoms with Gasteiger partial charge in [-0.2, -0.15) is 0 Å². The molecule has 64 valence electrons. The van der Waals surface area contributed by atoms with E-state index in [0.29, 0.717) is 12.8 Å². The highest BCUT2D eigenvalue weighted by atomic mass is 16.3. The highest BCUT2D eigenvalue weighted by Gasteiger charge is 2.41. The molecule has 0 spiro atoms. The van der Waals surface area contributed by atoms with E-state index in [2.05, 4.69) is 5.32 Å². The van der Waals surface area contributed by atoms with Gasteiger partial charge in [-0.05, 0) is 19.3 Å². The van der Waals surface area contributed by atoms with Crippen LogP contribution < -0.4 is 5.32 Å². The maximum absolute atomic E-state index is 10.6. The average molecular weight is 157 g/mol. The van der Waals surface area contributed by atoms with Crippen molar-refractivity contribution in [3.05, 3.63) is 0 Å². The van der Waals surface area contributed by atoms with Crippen LogP contribution >= 0.6 is 0 Å². The van der Waals surface area contributed by atoms with E-state index >= 15 is 0 Å². The molecule has 0 bridgehead atoms. The minimum atomic E-state index is -0.493. The molecule has 3 nitrogen and oxygen atoms in total. The van der Waals surface area contributed by atoms with Crippen molar-refractivity contribution in [2.24, 2.45) is 0 Å². The van der Waals surface area contributed by atoms with Gasteiger partial charge in [0.05, 0.1) is 5.60 Å². The fraction of sp³-hybridized carbons (Fsp3) is 0.875. The molecule has 0 aliphatic heterocycles. The summed E-state index contributed by atoms with van der Waals surface area (Å²) in [4.78, 5) is 10.6. The quantitative estimate of drug-likeness (QED) is 0.610. The van der Waals surface area contributed by atoms with Gasteiger partial charge in [-0.15, -0.1) is 0 Å². The van der Waals surface area contributed by atoms with E-state index in [1.165, 1.54) is 6.92 Å². The van der Waals surface area contributed by atoms with Gasteiger partial charge in [0.15, 0.2) is 0 Å². The molecule has 0 radical (unpaired) electrons. The molecular weight excluding hydrogens is 142 g/mol. The Kier molecular flexibility index (Phi) is 2.18. The zero-order valence-corrected chi connectivity index (χ0v) is 7.05. The molecule has 1 saturated carbocycles. The second-order valence-corrected chi connectivity index (χ2v) is 3.38. The standard InChI is InChI=1S/C8H15NO2/c1-3-8(11)4-7(5-8)9-6(2)10/h7,11H,3-5H2,1-2H3,(H,9,10). The average Bonchev–Trinajstić information content (AvgIpc) is 1.83. The summed E-state index contributed by atoms with van der Waals surface area (Å²) in [5.74, 6) is -0.00634. The van der Waals surface area contributed by atoms with Crippen molar-refractivity contribution >= 4 is 5.91 Å². The number of hydrogen-bond donors (Lipinski definition) is 2. The van der Waals surface area contributed by atoms with Gasteiger partial charge in [-0.3, -0.25) is 4.79 Å². The van der Waals surface area contributed by atoms with Gasteiger partial charge in [0.2, 0.25) is 5.91 Å². The van der Waals surface area contributed by atoms with E-state index < -0.39 is 5.60 Å². The highest BCUT2D eigenvalue weighted by Crippen LogP contribution is 2.34. The summed E-state index contributed by atoms with van der Waals surface area (Å²) >= 11 is 0. The number of rotatable bonds is 2. The number of hydrogen-bond acceptors (Lipinski definition) is 2. The Bertz CT molecular complexity index is 161. The monoisotopic (exact) mass is 157 g/mol. The Labute approximate surface area is 66.8 Å². The van der Waals surface area contributed by atoms with E-state index in [0.717, 1.165) is 6.42 Å². The Hall–Kier alpha value is -0.570. The zero-order chi connectivity index (χ0) is 8.48. The summed E-state index contributed by atoms with van der Waals surface area (Å²) in [6.45, 7) is 3.47. The van der Waals surface area contributed by atoms with Crippen molar-refractivity contribution in [1.29, 1.82) is 0 Å². The van der Waals surface area contributed by atoms with E-state index in [-0.39, 0.29) is 11.9 Å². The highest BCUT2D eigenvalue weighted by molar-refractivity contribution is 5.73. The number of nitrogens with one attached hydrogen (secondary N) is 1. The Morgan fingerprint density at radius 1 is 1.73 bits per heavy atom. The number of aliphatic hydroxyl groups is 1. The van der Waals surface area contributed by atoms with E-state index in [1.54, 1.807) is 0 Å². The first kappa shape index (κ1) is 8.53. The fourth-order valence-electron chi connectivity index (χ4n) is 1.54. The molecule has 0 aromatic heterocycles. The molecule has 0 heterocycles. The molecule has 1 rings (SSSR count). The van der Waals surface area contributed by atoms with Crippen molar-refractivity contribution in [2.75, 3.05) is 0 Å². The SMILES string of the molecule is CCC1(O)CC(NC(C)=O)C1. The summed E-state index contributed by atoms with van der Waals surface area (Å²) < 4.78 is 0. The van der Waals surface area contributed by atoms with Crippen molar-refractivity contribution in [1.82, 2.24) is 5.32 Å². The predicted molar refractivity (Wildman–Crippen MR) is 42.1 cm³/mol. The number of carbonyl (C=O) groups excluding carboxylic acids is 1. The molecular formula is C8H15NO2. The van der Waals surface area contributed by atoms with Crippen LogP contribution in [0, 0.1) is 0 Å². The second kappa shape index (κ2) is 2.81. The Balaban J connectivity index is 2.23. The summed E-state index contributed by atoms with van der Waals surface area (Å²) in [6, 6.07) is 0.206. The maximum Gasteiger partial charge on any atom is 0.217 e. The molecule has 0 saturated heterocycles. The van der Waals surface area contributed by atoms with Crippen LogP contribution in [0.1, 0.15) is 33.1 Å². The molecule has 0 aromatic carbocycles. The van der Waals surface area contributed by atoms with Gasteiger partial charge in [-0.1, -0.05) is 6.92 Å². The Morgan fingerprint density at radius 3 is 2.64 bits per heavy atom. The summed E-state index contributed by atoms with van der Waals surface area (Å²) in [5.41, 5.74) is -0.493. The first-order valence-electron chi connectivity index (χ1n) is 4.05. The molecule has 0 unspecified atom stereocenters. The minimum Gasteiger partial charge on any atom is -0.390 e. The topological polar surface area (TPSA) is 49.3 Å². The van der Waals surface area contributed by atoms with Gasteiger partial charge in [0, 0.05) is 13.0 Å². The maximum atomic E-state index is 10.6. The molecule has 1 fully saturated rings. The smallest absolute Gasteiger partial charge is 0.217 e. The first-order valence-corrected chi connectivity index (χ1v) is 4.05. The summed E-state index contributed by atoms with van der Waals surface area (Å²) in [7, 11) is 0. The van der Waals surface area contributed by atoms with Crippen molar-refractivity contribution in [3.8, 4) is 0 Å². The lowest BCUT2D eigenvalue weighted by Gasteiger charge is -2.43. The van der Waals surface area contributed by atoms with Crippen LogP contribution in [0.3, 0.4) is 0 Å². The third kappa shape index (κ3) is 1.93. The van der Waals surface area contributed by atoms with Crippen LogP contribution in [0.4, 0.5) is 0 Å². The first-order chi connectivity index (χ1) is 5.06. The molecule has 0 aromatic rings. The Morgan fingerprint density at radius 2 is 2.27 bits per heavy atom. The molecule has 0 atom stereocenters. The lowest BCUT2D eigenvalue weighted by molar-refractivity contribution is -0.123.